The van der Waals surface area contributed by atoms with E-state index >= 15 is 0 Å². The number of rotatable bonds is 3. The smallest absolute Gasteiger partial charge is 0.223 e. The zero-order valence-corrected chi connectivity index (χ0v) is 11.7. The van der Waals surface area contributed by atoms with Gasteiger partial charge in [-0.05, 0) is 24.6 Å². The van der Waals surface area contributed by atoms with E-state index in [9.17, 15) is 9.59 Å². The summed E-state index contributed by atoms with van der Waals surface area (Å²) in [5.74, 6) is -0.751. The number of hydrogen-bond acceptors (Lipinski definition) is 2. The van der Waals surface area contributed by atoms with Crippen molar-refractivity contribution >= 4 is 27.7 Å². The summed E-state index contributed by atoms with van der Waals surface area (Å²) < 4.78 is 1.00. The van der Waals surface area contributed by atoms with Crippen molar-refractivity contribution in [3.63, 3.8) is 0 Å². The fourth-order valence-corrected chi connectivity index (χ4v) is 2.48. The van der Waals surface area contributed by atoms with Gasteiger partial charge in [-0.3, -0.25) is 9.59 Å². The molecule has 1 aromatic carbocycles. The van der Waals surface area contributed by atoms with Gasteiger partial charge in [0.1, 0.15) is 0 Å². The summed E-state index contributed by atoms with van der Waals surface area (Å²) >= 11 is 3.38. The number of benzene rings is 1. The van der Waals surface area contributed by atoms with Crippen LogP contribution in [0.4, 0.5) is 0 Å². The lowest BCUT2D eigenvalue weighted by Crippen LogP contribution is -2.30. The highest BCUT2D eigenvalue weighted by atomic mass is 79.9. The first-order chi connectivity index (χ1) is 8.49. The summed E-state index contributed by atoms with van der Waals surface area (Å²) in [6.07, 6.45) is 0.232. The Hall–Kier alpha value is -1.36. The normalized spacial score (nSPS) is 21.1. The standard InChI is InChI=1S/C13H15BrN2O2/c1-8(9-2-4-11(14)5-3-9)16-7-10(13(15)18)6-12(16)17/h2-5,8,10H,6-7H2,1H3,(H2,15,18)/t8-,10?/m0/s1. The first-order valence-corrected chi connectivity index (χ1v) is 6.62. The van der Waals surface area contributed by atoms with E-state index in [1.54, 1.807) is 4.90 Å². The largest absolute Gasteiger partial charge is 0.369 e. The van der Waals surface area contributed by atoms with Gasteiger partial charge in [-0.25, -0.2) is 0 Å². The van der Waals surface area contributed by atoms with Crippen LogP contribution in [-0.2, 0) is 9.59 Å². The molecule has 0 bridgehead atoms. The molecule has 4 nitrogen and oxygen atoms in total. The summed E-state index contributed by atoms with van der Waals surface area (Å²) in [7, 11) is 0. The molecule has 2 rings (SSSR count). The molecule has 1 fully saturated rings. The minimum atomic E-state index is -0.395. The minimum Gasteiger partial charge on any atom is -0.369 e. The fraction of sp³-hybridized carbons (Fsp3) is 0.385. The fourth-order valence-electron chi connectivity index (χ4n) is 2.22. The second-order valence-corrected chi connectivity index (χ2v) is 5.49. The summed E-state index contributed by atoms with van der Waals surface area (Å²) in [5, 5.41) is 0. The molecule has 5 heteroatoms. The zero-order valence-electron chi connectivity index (χ0n) is 10.1. The molecule has 1 saturated heterocycles. The Labute approximate surface area is 114 Å². The van der Waals surface area contributed by atoms with E-state index < -0.39 is 5.91 Å². The Kier molecular flexibility index (Phi) is 3.71. The average molecular weight is 311 g/mol. The number of amides is 2. The Morgan fingerprint density at radius 3 is 2.56 bits per heavy atom. The molecule has 1 heterocycles. The number of halogens is 1. The van der Waals surface area contributed by atoms with E-state index in [0.29, 0.717) is 6.54 Å². The first-order valence-electron chi connectivity index (χ1n) is 5.83. The SMILES string of the molecule is C[C@@H](c1ccc(Br)cc1)N1CC(C(N)=O)CC1=O. The van der Waals surface area contributed by atoms with Crippen molar-refractivity contribution in [1.82, 2.24) is 4.90 Å². The Morgan fingerprint density at radius 2 is 2.06 bits per heavy atom. The van der Waals surface area contributed by atoms with E-state index in [2.05, 4.69) is 15.9 Å². The lowest BCUT2D eigenvalue weighted by Gasteiger charge is -2.25. The van der Waals surface area contributed by atoms with Crippen molar-refractivity contribution in [1.29, 1.82) is 0 Å². The minimum absolute atomic E-state index is 0.00535. The average Bonchev–Trinajstić information content (AvgIpc) is 2.71. The van der Waals surface area contributed by atoms with Crippen LogP contribution in [0.2, 0.25) is 0 Å². The van der Waals surface area contributed by atoms with E-state index in [-0.39, 0.29) is 24.3 Å². The molecule has 1 aliphatic rings. The summed E-state index contributed by atoms with van der Waals surface area (Å²) in [5.41, 5.74) is 6.31. The maximum atomic E-state index is 11.9. The predicted octanol–water partition coefficient (Wildman–Crippen LogP) is 1.84. The molecule has 0 aliphatic carbocycles. The van der Waals surface area contributed by atoms with Gasteiger partial charge in [-0.2, -0.15) is 0 Å². The van der Waals surface area contributed by atoms with Crippen molar-refractivity contribution in [2.24, 2.45) is 11.7 Å². The van der Waals surface area contributed by atoms with Gasteiger partial charge in [0.2, 0.25) is 11.8 Å². The lowest BCUT2D eigenvalue weighted by molar-refractivity contribution is -0.130. The van der Waals surface area contributed by atoms with Crippen molar-refractivity contribution in [2.45, 2.75) is 19.4 Å². The van der Waals surface area contributed by atoms with Crippen LogP contribution in [0.15, 0.2) is 28.7 Å². The van der Waals surface area contributed by atoms with Crippen molar-refractivity contribution in [3.8, 4) is 0 Å². The Morgan fingerprint density at radius 1 is 1.44 bits per heavy atom. The monoisotopic (exact) mass is 310 g/mol. The number of nitrogens with two attached hydrogens (primary N) is 1. The number of likely N-dealkylation sites (tertiary alicyclic amines) is 1. The van der Waals surface area contributed by atoms with Crippen LogP contribution in [0, 0.1) is 5.92 Å². The van der Waals surface area contributed by atoms with Gasteiger partial charge < -0.3 is 10.6 Å². The van der Waals surface area contributed by atoms with E-state index in [1.165, 1.54) is 0 Å². The third-order valence-electron chi connectivity index (χ3n) is 3.38. The second kappa shape index (κ2) is 5.10. The first kappa shape index (κ1) is 13.1. The maximum absolute atomic E-state index is 11.9. The van der Waals surface area contributed by atoms with E-state index in [0.717, 1.165) is 10.0 Å². The number of primary amides is 1. The van der Waals surface area contributed by atoms with Crippen molar-refractivity contribution in [2.75, 3.05) is 6.54 Å². The Balaban J connectivity index is 2.14. The van der Waals surface area contributed by atoms with Gasteiger partial charge in [0.25, 0.3) is 0 Å². The molecular weight excluding hydrogens is 296 g/mol. The van der Waals surface area contributed by atoms with E-state index in [4.69, 9.17) is 5.73 Å². The number of carbonyl (C=O) groups excluding carboxylic acids is 2. The van der Waals surface area contributed by atoms with Gasteiger partial charge in [0.15, 0.2) is 0 Å². The highest BCUT2D eigenvalue weighted by molar-refractivity contribution is 9.10. The number of hydrogen-bond donors (Lipinski definition) is 1. The number of carbonyl (C=O) groups is 2. The van der Waals surface area contributed by atoms with Crippen LogP contribution >= 0.6 is 15.9 Å². The molecule has 1 unspecified atom stereocenters. The highest BCUT2D eigenvalue weighted by Crippen LogP contribution is 2.28. The molecule has 18 heavy (non-hydrogen) atoms. The third kappa shape index (κ3) is 2.56. The van der Waals surface area contributed by atoms with Gasteiger partial charge in [-0.1, -0.05) is 28.1 Å². The zero-order chi connectivity index (χ0) is 13.3. The van der Waals surface area contributed by atoms with Crippen LogP contribution in [-0.4, -0.2) is 23.3 Å². The van der Waals surface area contributed by atoms with E-state index in [1.807, 2.05) is 31.2 Å². The molecule has 0 saturated carbocycles. The second-order valence-electron chi connectivity index (χ2n) is 4.58. The quantitative estimate of drug-likeness (QED) is 0.926. The summed E-state index contributed by atoms with van der Waals surface area (Å²) in [6, 6.07) is 7.80. The van der Waals surface area contributed by atoms with Gasteiger partial charge >= 0.3 is 0 Å². The van der Waals surface area contributed by atoms with Gasteiger partial charge in [-0.15, -0.1) is 0 Å². The highest BCUT2D eigenvalue weighted by Gasteiger charge is 2.35. The van der Waals surface area contributed by atoms with Crippen LogP contribution in [0.5, 0.6) is 0 Å². The predicted molar refractivity (Wildman–Crippen MR) is 71.6 cm³/mol. The topological polar surface area (TPSA) is 63.4 Å². The molecular formula is C13H15BrN2O2. The third-order valence-corrected chi connectivity index (χ3v) is 3.91. The van der Waals surface area contributed by atoms with Gasteiger partial charge in [0, 0.05) is 17.4 Å². The number of nitrogens with zero attached hydrogens (tertiary/aromatic N) is 1. The molecule has 1 aliphatic heterocycles. The Bertz CT molecular complexity index is 472. The van der Waals surface area contributed by atoms with Crippen LogP contribution in [0.1, 0.15) is 24.9 Å². The summed E-state index contributed by atoms with van der Waals surface area (Å²) in [4.78, 5) is 24.7. The van der Waals surface area contributed by atoms with Crippen LogP contribution in [0.25, 0.3) is 0 Å². The molecule has 0 radical (unpaired) electrons. The molecule has 1 aromatic rings. The van der Waals surface area contributed by atoms with Crippen molar-refractivity contribution < 1.29 is 9.59 Å². The maximum Gasteiger partial charge on any atom is 0.223 e. The van der Waals surface area contributed by atoms with Crippen LogP contribution in [0.3, 0.4) is 0 Å². The summed E-state index contributed by atoms with van der Waals surface area (Å²) in [6.45, 7) is 2.38. The van der Waals surface area contributed by atoms with Crippen molar-refractivity contribution in [3.05, 3.63) is 34.3 Å². The molecule has 2 amide bonds. The van der Waals surface area contributed by atoms with Crippen LogP contribution < -0.4 is 5.73 Å². The lowest BCUT2D eigenvalue weighted by atomic mass is 10.1. The molecule has 0 aromatic heterocycles. The molecule has 0 spiro atoms. The van der Waals surface area contributed by atoms with Gasteiger partial charge in [0.05, 0.1) is 12.0 Å². The molecule has 2 N–H and O–H groups in total. The molecule has 2 atom stereocenters. The molecule has 96 valence electrons.